The van der Waals surface area contributed by atoms with Gasteiger partial charge in [-0.1, -0.05) is 0 Å². The van der Waals surface area contributed by atoms with Gasteiger partial charge in [-0.25, -0.2) is 13.2 Å². The molecule has 0 spiro atoms. The molecule has 0 aliphatic carbocycles. The topological polar surface area (TPSA) is 111 Å². The standard InChI is InChI=1S/C21H29N3O7S/c1-28-17-6-7-19(29-2)20(15-17)32(26,27)24-11-9-23(10-12-24)21(25)22-8-4-13-30-16-18-5-3-14-31-18/h3,5-7,14-15H,4,8-13,16H2,1-2H3,(H,22,25). The summed E-state index contributed by atoms with van der Waals surface area (Å²) < 4.78 is 48.6. The number of furan rings is 1. The van der Waals surface area contributed by atoms with Crippen LogP contribution in [0.2, 0.25) is 0 Å². The zero-order valence-electron chi connectivity index (χ0n) is 18.3. The van der Waals surface area contributed by atoms with Crippen LogP contribution in [0.5, 0.6) is 11.5 Å². The molecule has 1 aliphatic rings. The molecule has 0 bridgehead atoms. The van der Waals surface area contributed by atoms with Crippen molar-refractivity contribution in [2.75, 3.05) is 53.6 Å². The van der Waals surface area contributed by atoms with Crippen LogP contribution < -0.4 is 14.8 Å². The number of piperazine rings is 1. The maximum absolute atomic E-state index is 13.1. The summed E-state index contributed by atoms with van der Waals surface area (Å²) in [5, 5.41) is 2.84. The van der Waals surface area contributed by atoms with Crippen LogP contribution >= 0.6 is 0 Å². The highest BCUT2D eigenvalue weighted by Crippen LogP contribution is 2.31. The van der Waals surface area contributed by atoms with Crippen LogP contribution in [0.3, 0.4) is 0 Å². The van der Waals surface area contributed by atoms with Gasteiger partial charge < -0.3 is 28.8 Å². The van der Waals surface area contributed by atoms with E-state index in [0.717, 1.165) is 5.76 Å². The normalized spacial score (nSPS) is 14.9. The van der Waals surface area contributed by atoms with Crippen molar-refractivity contribution in [2.24, 2.45) is 0 Å². The monoisotopic (exact) mass is 467 g/mol. The number of amides is 2. The van der Waals surface area contributed by atoms with Crippen molar-refractivity contribution in [3.63, 3.8) is 0 Å². The lowest BCUT2D eigenvalue weighted by Gasteiger charge is -2.34. The van der Waals surface area contributed by atoms with Gasteiger partial charge in [-0.3, -0.25) is 0 Å². The highest BCUT2D eigenvalue weighted by atomic mass is 32.2. The number of nitrogens with zero attached hydrogens (tertiary/aromatic N) is 2. The molecule has 1 aromatic carbocycles. The van der Waals surface area contributed by atoms with E-state index < -0.39 is 10.0 Å². The molecule has 2 heterocycles. The fourth-order valence-electron chi connectivity index (χ4n) is 3.31. The van der Waals surface area contributed by atoms with Gasteiger partial charge in [-0.2, -0.15) is 4.31 Å². The summed E-state index contributed by atoms with van der Waals surface area (Å²) >= 11 is 0. The van der Waals surface area contributed by atoms with Gasteiger partial charge in [0.15, 0.2) is 0 Å². The van der Waals surface area contributed by atoms with Gasteiger partial charge in [0.2, 0.25) is 10.0 Å². The summed E-state index contributed by atoms with van der Waals surface area (Å²) in [5.41, 5.74) is 0. The average Bonchev–Trinajstić information content (AvgIpc) is 3.34. The lowest BCUT2D eigenvalue weighted by molar-refractivity contribution is 0.104. The lowest BCUT2D eigenvalue weighted by Crippen LogP contribution is -2.53. The molecule has 1 aliphatic heterocycles. The van der Waals surface area contributed by atoms with Gasteiger partial charge in [0.05, 0.1) is 20.5 Å². The van der Waals surface area contributed by atoms with Gasteiger partial charge in [-0.15, -0.1) is 0 Å². The summed E-state index contributed by atoms with van der Waals surface area (Å²) in [6.07, 6.45) is 2.26. The highest BCUT2D eigenvalue weighted by molar-refractivity contribution is 7.89. The number of hydrogen-bond acceptors (Lipinski definition) is 7. The van der Waals surface area contributed by atoms with E-state index in [1.54, 1.807) is 29.4 Å². The van der Waals surface area contributed by atoms with Crippen molar-refractivity contribution < 1.29 is 31.8 Å². The average molecular weight is 468 g/mol. The summed E-state index contributed by atoms with van der Waals surface area (Å²) in [4.78, 5) is 14.0. The van der Waals surface area contributed by atoms with Crippen LogP contribution in [0.15, 0.2) is 45.9 Å². The Balaban J connectivity index is 1.44. The second-order valence-electron chi connectivity index (χ2n) is 7.13. The second kappa shape index (κ2) is 11.2. The van der Waals surface area contributed by atoms with E-state index in [9.17, 15) is 13.2 Å². The van der Waals surface area contributed by atoms with E-state index in [1.807, 2.05) is 6.07 Å². The number of rotatable bonds is 10. The number of hydrogen-bond donors (Lipinski definition) is 1. The maximum atomic E-state index is 13.1. The van der Waals surface area contributed by atoms with Crippen molar-refractivity contribution in [3.05, 3.63) is 42.4 Å². The van der Waals surface area contributed by atoms with Crippen LogP contribution in [-0.2, 0) is 21.4 Å². The molecule has 0 atom stereocenters. The number of urea groups is 1. The fourth-order valence-corrected chi connectivity index (χ4v) is 4.90. The molecule has 11 heteroatoms. The van der Waals surface area contributed by atoms with E-state index in [2.05, 4.69) is 5.32 Å². The largest absolute Gasteiger partial charge is 0.497 e. The smallest absolute Gasteiger partial charge is 0.317 e. The zero-order valence-corrected chi connectivity index (χ0v) is 19.1. The molecule has 1 saturated heterocycles. The second-order valence-corrected chi connectivity index (χ2v) is 9.03. The van der Waals surface area contributed by atoms with E-state index in [-0.39, 0.29) is 29.8 Å². The fraction of sp³-hybridized carbons (Fsp3) is 0.476. The Morgan fingerprint density at radius 3 is 2.56 bits per heavy atom. The molecule has 1 N–H and O–H groups in total. The molecular formula is C21H29N3O7S. The third kappa shape index (κ3) is 5.93. The number of benzene rings is 1. The van der Waals surface area contributed by atoms with E-state index in [4.69, 9.17) is 18.6 Å². The summed E-state index contributed by atoms with van der Waals surface area (Å²) in [6, 6.07) is 8.08. The predicted molar refractivity (Wildman–Crippen MR) is 116 cm³/mol. The Kier molecular flexibility index (Phi) is 8.37. The Hall–Kier alpha value is -2.76. The number of nitrogens with one attached hydrogen (secondary N) is 1. The van der Waals surface area contributed by atoms with Crippen LogP contribution in [0.4, 0.5) is 4.79 Å². The van der Waals surface area contributed by atoms with E-state index in [1.165, 1.54) is 24.6 Å². The van der Waals surface area contributed by atoms with Crippen LogP contribution in [-0.4, -0.2) is 77.2 Å². The summed E-state index contributed by atoms with van der Waals surface area (Å²) in [7, 11) is -0.892. The first kappa shape index (κ1) is 23.9. The zero-order chi connectivity index (χ0) is 23.0. The third-order valence-corrected chi connectivity index (χ3v) is 7.00. The minimum Gasteiger partial charge on any atom is -0.497 e. The Bertz CT molecular complexity index is 971. The number of sulfonamides is 1. The van der Waals surface area contributed by atoms with Crippen molar-refractivity contribution in [2.45, 2.75) is 17.9 Å². The molecule has 3 rings (SSSR count). The van der Waals surface area contributed by atoms with E-state index >= 15 is 0 Å². The van der Waals surface area contributed by atoms with Crippen LogP contribution in [0, 0.1) is 0 Å². The van der Waals surface area contributed by atoms with Gasteiger partial charge in [-0.05, 0) is 30.7 Å². The van der Waals surface area contributed by atoms with Crippen molar-refractivity contribution in [1.82, 2.24) is 14.5 Å². The first-order valence-electron chi connectivity index (χ1n) is 10.3. The molecule has 2 aromatic rings. The molecule has 176 valence electrons. The molecule has 0 unspecified atom stereocenters. The van der Waals surface area contributed by atoms with Crippen molar-refractivity contribution in [3.8, 4) is 11.5 Å². The van der Waals surface area contributed by atoms with Crippen molar-refractivity contribution >= 4 is 16.1 Å². The predicted octanol–water partition coefficient (Wildman–Crippen LogP) is 1.92. The van der Waals surface area contributed by atoms with Gasteiger partial charge in [0, 0.05) is 45.4 Å². The molecule has 2 amide bonds. The number of ether oxygens (including phenoxy) is 3. The quantitative estimate of drug-likeness (QED) is 0.532. The number of carbonyl (C=O) groups is 1. The summed E-state index contributed by atoms with van der Waals surface area (Å²) in [6.45, 7) is 2.35. The van der Waals surface area contributed by atoms with Crippen LogP contribution in [0.1, 0.15) is 12.2 Å². The molecule has 32 heavy (non-hydrogen) atoms. The highest BCUT2D eigenvalue weighted by Gasteiger charge is 2.32. The SMILES string of the molecule is COc1ccc(OC)c(S(=O)(=O)N2CCN(C(=O)NCCCOCc3ccco3)CC2)c1. The lowest BCUT2D eigenvalue weighted by atomic mass is 10.3. The number of methoxy groups -OCH3 is 2. The molecule has 0 saturated carbocycles. The first-order valence-corrected chi connectivity index (χ1v) is 11.7. The Morgan fingerprint density at radius 1 is 1.12 bits per heavy atom. The minimum absolute atomic E-state index is 0.0480. The number of carbonyl (C=O) groups excluding carboxylic acids is 1. The van der Waals surface area contributed by atoms with Gasteiger partial charge >= 0.3 is 6.03 Å². The molecule has 0 radical (unpaired) electrons. The maximum Gasteiger partial charge on any atom is 0.317 e. The van der Waals surface area contributed by atoms with Crippen molar-refractivity contribution in [1.29, 1.82) is 0 Å². The molecular weight excluding hydrogens is 438 g/mol. The van der Waals surface area contributed by atoms with E-state index in [0.29, 0.717) is 45.0 Å². The van der Waals surface area contributed by atoms with Gasteiger partial charge in [0.25, 0.3) is 0 Å². The Morgan fingerprint density at radius 2 is 1.91 bits per heavy atom. The minimum atomic E-state index is -3.79. The first-order chi connectivity index (χ1) is 15.5. The van der Waals surface area contributed by atoms with Crippen LogP contribution in [0.25, 0.3) is 0 Å². The molecule has 1 aromatic heterocycles. The Labute approximate surface area is 188 Å². The third-order valence-electron chi connectivity index (χ3n) is 5.08. The van der Waals surface area contributed by atoms with Gasteiger partial charge in [0.1, 0.15) is 28.8 Å². The molecule has 1 fully saturated rings. The molecule has 10 nitrogen and oxygen atoms in total. The summed E-state index contributed by atoms with van der Waals surface area (Å²) in [5.74, 6) is 1.43.